The van der Waals surface area contributed by atoms with Gasteiger partial charge in [0.15, 0.2) is 0 Å². The first-order chi connectivity index (χ1) is 12.2. The number of amides is 1. The van der Waals surface area contributed by atoms with E-state index in [0.29, 0.717) is 31.8 Å². The second kappa shape index (κ2) is 8.53. The van der Waals surface area contributed by atoms with Crippen LogP contribution in [0.5, 0.6) is 5.75 Å². The maximum absolute atomic E-state index is 12.8. The van der Waals surface area contributed by atoms with Crippen molar-refractivity contribution in [2.45, 2.75) is 18.9 Å². The normalized spacial score (nSPS) is 17.2. The standard InChI is InChI=1S/C20H24N2O3/c23-16-7-6-13-22(15-16)20(24)18-10-4-5-11-19(18)21-12-14-25-17-8-2-1-3-9-17/h1-5,8-11,16,21,23H,6-7,12-15H2/t16-/m1/s1. The number of hydrogen-bond acceptors (Lipinski definition) is 4. The molecular formula is C20H24N2O3. The molecule has 2 aromatic carbocycles. The van der Waals surface area contributed by atoms with Crippen LogP contribution < -0.4 is 10.1 Å². The first-order valence-corrected chi connectivity index (χ1v) is 8.72. The molecule has 2 N–H and O–H groups in total. The quantitative estimate of drug-likeness (QED) is 0.794. The molecule has 0 unspecified atom stereocenters. The molecule has 25 heavy (non-hydrogen) atoms. The molecule has 2 aromatic rings. The van der Waals surface area contributed by atoms with E-state index in [2.05, 4.69) is 5.32 Å². The highest BCUT2D eigenvalue weighted by molar-refractivity contribution is 5.99. The van der Waals surface area contributed by atoms with E-state index in [4.69, 9.17) is 4.74 Å². The lowest BCUT2D eigenvalue weighted by Crippen LogP contribution is -2.42. The van der Waals surface area contributed by atoms with Gasteiger partial charge in [-0.2, -0.15) is 0 Å². The highest BCUT2D eigenvalue weighted by Gasteiger charge is 2.24. The average Bonchev–Trinajstić information content (AvgIpc) is 2.66. The lowest BCUT2D eigenvalue weighted by molar-refractivity contribution is 0.0474. The van der Waals surface area contributed by atoms with Crippen molar-refractivity contribution in [1.29, 1.82) is 0 Å². The van der Waals surface area contributed by atoms with Crippen LogP contribution in [0.4, 0.5) is 5.69 Å². The van der Waals surface area contributed by atoms with Crippen LogP contribution in [-0.2, 0) is 0 Å². The summed E-state index contributed by atoms with van der Waals surface area (Å²) in [4.78, 5) is 14.5. The number of carbonyl (C=O) groups is 1. The summed E-state index contributed by atoms with van der Waals surface area (Å²) in [6.45, 7) is 2.21. The monoisotopic (exact) mass is 340 g/mol. The molecule has 5 heteroatoms. The Morgan fingerprint density at radius 2 is 1.92 bits per heavy atom. The number of benzene rings is 2. The van der Waals surface area contributed by atoms with Crippen molar-refractivity contribution in [2.75, 3.05) is 31.6 Å². The van der Waals surface area contributed by atoms with Crippen LogP contribution in [0.15, 0.2) is 54.6 Å². The third-order valence-electron chi connectivity index (χ3n) is 4.27. The van der Waals surface area contributed by atoms with Gasteiger partial charge < -0.3 is 20.1 Å². The predicted octanol–water partition coefficient (Wildman–Crippen LogP) is 2.77. The minimum absolute atomic E-state index is 0.0363. The number of aliphatic hydroxyl groups excluding tert-OH is 1. The Morgan fingerprint density at radius 3 is 2.72 bits per heavy atom. The second-order valence-electron chi connectivity index (χ2n) is 6.18. The van der Waals surface area contributed by atoms with Crippen LogP contribution in [0.25, 0.3) is 0 Å². The van der Waals surface area contributed by atoms with Crippen LogP contribution >= 0.6 is 0 Å². The number of piperidine rings is 1. The zero-order valence-corrected chi connectivity index (χ0v) is 14.2. The zero-order valence-electron chi connectivity index (χ0n) is 14.2. The molecule has 1 aliphatic heterocycles. The Labute approximate surface area is 148 Å². The number of likely N-dealkylation sites (tertiary alicyclic amines) is 1. The Kier molecular flexibility index (Phi) is 5.90. The number of nitrogens with zero attached hydrogens (tertiary/aromatic N) is 1. The molecule has 0 radical (unpaired) electrons. The van der Waals surface area contributed by atoms with Crippen molar-refractivity contribution in [3.63, 3.8) is 0 Å². The van der Waals surface area contributed by atoms with E-state index in [0.717, 1.165) is 24.3 Å². The van der Waals surface area contributed by atoms with Crippen molar-refractivity contribution in [1.82, 2.24) is 4.90 Å². The number of β-amino-alcohol motifs (C(OH)–C–C–N with tert-alkyl or cyclic N) is 1. The van der Waals surface area contributed by atoms with Crippen LogP contribution in [0.2, 0.25) is 0 Å². The summed E-state index contributed by atoms with van der Waals surface area (Å²) in [5, 5.41) is 13.1. The lowest BCUT2D eigenvalue weighted by Gasteiger charge is -2.30. The number of nitrogens with one attached hydrogen (secondary N) is 1. The largest absolute Gasteiger partial charge is 0.492 e. The summed E-state index contributed by atoms with van der Waals surface area (Å²) >= 11 is 0. The van der Waals surface area contributed by atoms with E-state index >= 15 is 0 Å². The molecule has 1 fully saturated rings. The van der Waals surface area contributed by atoms with E-state index in [9.17, 15) is 9.90 Å². The first-order valence-electron chi connectivity index (χ1n) is 8.72. The molecule has 0 spiro atoms. The summed E-state index contributed by atoms with van der Waals surface area (Å²) in [5.41, 5.74) is 1.43. The van der Waals surface area contributed by atoms with Gasteiger partial charge in [-0.1, -0.05) is 30.3 Å². The summed E-state index contributed by atoms with van der Waals surface area (Å²) in [6.07, 6.45) is 1.19. The summed E-state index contributed by atoms with van der Waals surface area (Å²) < 4.78 is 5.67. The van der Waals surface area contributed by atoms with E-state index in [1.165, 1.54) is 0 Å². The molecule has 132 valence electrons. The van der Waals surface area contributed by atoms with Crippen LogP contribution in [0, 0.1) is 0 Å². The molecule has 0 saturated carbocycles. The number of para-hydroxylation sites is 2. The maximum atomic E-state index is 12.8. The number of hydrogen-bond donors (Lipinski definition) is 2. The summed E-state index contributed by atoms with van der Waals surface area (Å²) in [6, 6.07) is 17.1. The van der Waals surface area contributed by atoms with Crippen LogP contribution in [-0.4, -0.2) is 48.3 Å². The lowest BCUT2D eigenvalue weighted by atomic mass is 10.1. The molecule has 1 aliphatic rings. The minimum Gasteiger partial charge on any atom is -0.492 e. The van der Waals surface area contributed by atoms with Gasteiger partial charge in [0.2, 0.25) is 0 Å². The van der Waals surface area contributed by atoms with Gasteiger partial charge in [-0.25, -0.2) is 0 Å². The number of rotatable bonds is 6. The molecule has 0 bridgehead atoms. The highest BCUT2D eigenvalue weighted by Crippen LogP contribution is 2.20. The summed E-state index contributed by atoms with van der Waals surface area (Å²) in [7, 11) is 0. The van der Waals surface area contributed by atoms with Gasteiger partial charge in [-0.05, 0) is 37.1 Å². The van der Waals surface area contributed by atoms with Crippen molar-refractivity contribution >= 4 is 11.6 Å². The SMILES string of the molecule is O=C(c1ccccc1NCCOc1ccccc1)N1CCC[C@@H](O)C1. The van der Waals surface area contributed by atoms with Crippen LogP contribution in [0.1, 0.15) is 23.2 Å². The third-order valence-corrected chi connectivity index (χ3v) is 4.27. The number of anilines is 1. The Bertz CT molecular complexity index is 690. The summed E-state index contributed by atoms with van der Waals surface area (Å²) in [5.74, 6) is 0.793. The molecular weight excluding hydrogens is 316 g/mol. The molecule has 1 amide bonds. The van der Waals surface area contributed by atoms with Gasteiger partial charge >= 0.3 is 0 Å². The van der Waals surface area contributed by atoms with Gasteiger partial charge in [0.25, 0.3) is 5.91 Å². The Hall–Kier alpha value is -2.53. The fourth-order valence-electron chi connectivity index (χ4n) is 3.00. The fourth-order valence-corrected chi connectivity index (χ4v) is 3.00. The number of ether oxygens (including phenoxy) is 1. The van der Waals surface area contributed by atoms with Crippen molar-refractivity contribution in [2.24, 2.45) is 0 Å². The van der Waals surface area contributed by atoms with Crippen LogP contribution in [0.3, 0.4) is 0 Å². The molecule has 1 atom stereocenters. The van der Waals surface area contributed by atoms with Crippen molar-refractivity contribution in [3.05, 3.63) is 60.2 Å². The van der Waals surface area contributed by atoms with E-state index in [1.54, 1.807) is 4.90 Å². The van der Waals surface area contributed by atoms with Gasteiger partial charge in [-0.3, -0.25) is 4.79 Å². The smallest absolute Gasteiger partial charge is 0.256 e. The molecule has 5 nitrogen and oxygen atoms in total. The van der Waals surface area contributed by atoms with Gasteiger partial charge in [-0.15, -0.1) is 0 Å². The maximum Gasteiger partial charge on any atom is 0.256 e. The van der Waals surface area contributed by atoms with Gasteiger partial charge in [0.1, 0.15) is 12.4 Å². The van der Waals surface area contributed by atoms with Crippen molar-refractivity contribution in [3.8, 4) is 5.75 Å². The molecule has 1 saturated heterocycles. The molecule has 3 rings (SSSR count). The predicted molar refractivity (Wildman–Crippen MR) is 98.0 cm³/mol. The molecule has 0 aliphatic carbocycles. The van der Waals surface area contributed by atoms with Gasteiger partial charge in [0.05, 0.1) is 11.7 Å². The Balaban J connectivity index is 1.57. The average molecular weight is 340 g/mol. The topological polar surface area (TPSA) is 61.8 Å². The van der Waals surface area contributed by atoms with Crippen molar-refractivity contribution < 1.29 is 14.6 Å². The first kappa shape index (κ1) is 17.3. The minimum atomic E-state index is -0.419. The van der Waals surface area contributed by atoms with E-state index in [-0.39, 0.29) is 5.91 Å². The number of carbonyl (C=O) groups excluding carboxylic acids is 1. The van der Waals surface area contributed by atoms with Gasteiger partial charge in [0, 0.05) is 25.3 Å². The fraction of sp³-hybridized carbons (Fsp3) is 0.350. The third kappa shape index (κ3) is 4.73. The second-order valence-corrected chi connectivity index (χ2v) is 6.18. The zero-order chi connectivity index (χ0) is 17.5. The number of aliphatic hydroxyl groups is 1. The Morgan fingerprint density at radius 1 is 1.16 bits per heavy atom. The molecule has 1 heterocycles. The van der Waals surface area contributed by atoms with E-state index in [1.807, 2.05) is 54.6 Å². The molecule has 0 aromatic heterocycles. The highest BCUT2D eigenvalue weighted by atomic mass is 16.5. The van der Waals surface area contributed by atoms with E-state index < -0.39 is 6.10 Å².